The maximum atomic E-state index is 12.3. The van der Waals surface area contributed by atoms with Crippen molar-refractivity contribution >= 4 is 23.5 Å². The van der Waals surface area contributed by atoms with Crippen LogP contribution in [0, 0.1) is 0 Å². The second-order valence-electron chi connectivity index (χ2n) is 4.37. The van der Waals surface area contributed by atoms with Crippen molar-refractivity contribution in [2.45, 2.75) is 19.0 Å². The van der Waals surface area contributed by atoms with Gasteiger partial charge in [-0.2, -0.15) is 28.1 Å². The van der Waals surface area contributed by atoms with E-state index in [0.29, 0.717) is 5.95 Å². The van der Waals surface area contributed by atoms with Crippen LogP contribution >= 0.6 is 11.6 Å². The third kappa shape index (κ3) is 3.82. The topological polar surface area (TPSA) is 45.2 Å². The molecule has 19 heavy (non-hydrogen) atoms. The number of alkyl halides is 3. The van der Waals surface area contributed by atoms with Crippen LogP contribution in [0.3, 0.4) is 0 Å². The van der Waals surface area contributed by atoms with Crippen LogP contribution < -0.4 is 9.80 Å². The van der Waals surface area contributed by atoms with E-state index in [0.717, 1.165) is 30.8 Å². The first kappa shape index (κ1) is 14.1. The number of anilines is 2. The van der Waals surface area contributed by atoms with Gasteiger partial charge in [-0.25, -0.2) is 0 Å². The zero-order valence-corrected chi connectivity index (χ0v) is 11.0. The number of rotatable bonds is 3. The highest BCUT2D eigenvalue weighted by Crippen LogP contribution is 2.22. The molecule has 1 saturated heterocycles. The van der Waals surface area contributed by atoms with Crippen LogP contribution in [0.5, 0.6) is 0 Å². The summed E-state index contributed by atoms with van der Waals surface area (Å²) in [6.45, 7) is 0.429. The lowest BCUT2D eigenvalue weighted by Gasteiger charge is -2.21. The fourth-order valence-corrected chi connectivity index (χ4v) is 2.05. The van der Waals surface area contributed by atoms with Gasteiger partial charge in [0, 0.05) is 20.1 Å². The highest BCUT2D eigenvalue weighted by Gasteiger charge is 2.31. The van der Waals surface area contributed by atoms with E-state index in [2.05, 4.69) is 15.0 Å². The molecule has 0 spiro atoms. The second kappa shape index (κ2) is 5.36. The van der Waals surface area contributed by atoms with Crippen LogP contribution in [0.2, 0.25) is 5.28 Å². The second-order valence-corrected chi connectivity index (χ2v) is 4.71. The molecule has 2 rings (SSSR count). The first-order chi connectivity index (χ1) is 8.85. The van der Waals surface area contributed by atoms with Crippen molar-refractivity contribution in [1.82, 2.24) is 15.0 Å². The Morgan fingerprint density at radius 1 is 1.21 bits per heavy atom. The fraction of sp³-hybridized carbons (Fsp3) is 0.700. The lowest BCUT2D eigenvalue weighted by molar-refractivity contribution is -0.119. The van der Waals surface area contributed by atoms with Crippen LogP contribution in [-0.4, -0.2) is 47.8 Å². The maximum Gasteiger partial charge on any atom is 0.406 e. The zero-order chi connectivity index (χ0) is 14.0. The van der Waals surface area contributed by atoms with Crippen molar-refractivity contribution in [3.05, 3.63) is 5.28 Å². The summed E-state index contributed by atoms with van der Waals surface area (Å²) in [5.41, 5.74) is 0. The van der Waals surface area contributed by atoms with E-state index in [9.17, 15) is 13.2 Å². The van der Waals surface area contributed by atoms with Gasteiger partial charge in [-0.1, -0.05) is 0 Å². The highest BCUT2D eigenvalue weighted by atomic mass is 35.5. The van der Waals surface area contributed by atoms with Crippen molar-refractivity contribution in [1.29, 1.82) is 0 Å². The van der Waals surface area contributed by atoms with Gasteiger partial charge in [0.15, 0.2) is 0 Å². The summed E-state index contributed by atoms with van der Waals surface area (Å²) >= 11 is 5.75. The van der Waals surface area contributed by atoms with E-state index in [1.165, 1.54) is 7.05 Å². The maximum absolute atomic E-state index is 12.3. The van der Waals surface area contributed by atoms with Gasteiger partial charge >= 0.3 is 6.18 Å². The molecule has 0 amide bonds. The number of halogens is 4. The van der Waals surface area contributed by atoms with Crippen molar-refractivity contribution in [3.8, 4) is 0 Å². The molecule has 2 heterocycles. The SMILES string of the molecule is CN(CC(F)(F)F)c1nc(Cl)nc(N2CCCC2)n1. The summed E-state index contributed by atoms with van der Waals surface area (Å²) in [4.78, 5) is 14.5. The van der Waals surface area contributed by atoms with Gasteiger partial charge in [0.1, 0.15) is 6.54 Å². The third-order valence-electron chi connectivity index (χ3n) is 2.73. The average Bonchev–Trinajstić information content (AvgIpc) is 2.79. The minimum atomic E-state index is -4.32. The van der Waals surface area contributed by atoms with Gasteiger partial charge in [0.25, 0.3) is 0 Å². The minimum absolute atomic E-state index is 0.0702. The summed E-state index contributed by atoms with van der Waals surface area (Å²) in [5.74, 6) is 0.265. The van der Waals surface area contributed by atoms with Gasteiger partial charge in [0.05, 0.1) is 0 Å². The fourth-order valence-electron chi connectivity index (χ4n) is 1.90. The average molecular weight is 296 g/mol. The molecule has 0 atom stereocenters. The van der Waals surface area contributed by atoms with E-state index in [4.69, 9.17) is 11.6 Å². The van der Waals surface area contributed by atoms with Gasteiger partial charge in [-0.3, -0.25) is 0 Å². The molecular formula is C10H13ClF3N5. The summed E-state index contributed by atoms with van der Waals surface area (Å²) in [7, 11) is 1.27. The molecule has 0 bridgehead atoms. The Hall–Kier alpha value is -1.31. The Balaban J connectivity index is 2.20. The van der Waals surface area contributed by atoms with Gasteiger partial charge < -0.3 is 9.80 Å². The molecular weight excluding hydrogens is 283 g/mol. The summed E-state index contributed by atoms with van der Waals surface area (Å²) < 4.78 is 37.0. The zero-order valence-electron chi connectivity index (χ0n) is 10.3. The molecule has 0 aliphatic carbocycles. The van der Waals surface area contributed by atoms with Crippen molar-refractivity contribution < 1.29 is 13.2 Å². The molecule has 1 aromatic heterocycles. The van der Waals surface area contributed by atoms with Gasteiger partial charge in [-0.15, -0.1) is 0 Å². The van der Waals surface area contributed by atoms with E-state index in [-0.39, 0.29) is 11.2 Å². The van der Waals surface area contributed by atoms with Gasteiger partial charge in [-0.05, 0) is 24.4 Å². The monoisotopic (exact) mass is 295 g/mol. The van der Waals surface area contributed by atoms with Crippen LogP contribution in [0.25, 0.3) is 0 Å². The van der Waals surface area contributed by atoms with Crippen LogP contribution in [0.15, 0.2) is 0 Å². The van der Waals surface area contributed by atoms with Gasteiger partial charge in [0.2, 0.25) is 17.2 Å². The molecule has 1 fully saturated rings. The quantitative estimate of drug-likeness (QED) is 0.855. The molecule has 0 saturated carbocycles. The lowest BCUT2D eigenvalue weighted by atomic mass is 10.4. The van der Waals surface area contributed by atoms with Crippen LogP contribution in [0.4, 0.5) is 25.1 Å². The Morgan fingerprint density at radius 3 is 2.42 bits per heavy atom. The van der Waals surface area contributed by atoms with E-state index in [1.54, 1.807) is 0 Å². The molecule has 0 N–H and O–H groups in total. The molecule has 0 aromatic carbocycles. The molecule has 1 aliphatic heterocycles. The number of nitrogens with zero attached hydrogens (tertiary/aromatic N) is 5. The smallest absolute Gasteiger partial charge is 0.341 e. The Labute approximate surface area is 113 Å². The van der Waals surface area contributed by atoms with Crippen LogP contribution in [-0.2, 0) is 0 Å². The number of hydrogen-bond donors (Lipinski definition) is 0. The Morgan fingerprint density at radius 2 is 1.84 bits per heavy atom. The summed E-state index contributed by atoms with van der Waals surface area (Å²) in [5, 5.41) is -0.0964. The molecule has 1 aliphatic rings. The van der Waals surface area contributed by atoms with E-state index >= 15 is 0 Å². The number of aromatic nitrogens is 3. The normalized spacial score (nSPS) is 15.9. The first-order valence-corrected chi connectivity index (χ1v) is 6.17. The van der Waals surface area contributed by atoms with Crippen LogP contribution in [0.1, 0.15) is 12.8 Å². The minimum Gasteiger partial charge on any atom is -0.341 e. The summed E-state index contributed by atoms with van der Waals surface area (Å²) in [6, 6.07) is 0. The lowest BCUT2D eigenvalue weighted by Crippen LogP contribution is -2.33. The predicted molar refractivity (Wildman–Crippen MR) is 65.6 cm³/mol. The van der Waals surface area contributed by atoms with E-state index in [1.807, 2.05) is 4.90 Å². The predicted octanol–water partition coefficient (Wildman–Crippen LogP) is 2.12. The Kier molecular flexibility index (Phi) is 3.98. The molecule has 0 radical (unpaired) electrons. The highest BCUT2D eigenvalue weighted by molar-refractivity contribution is 6.28. The number of hydrogen-bond acceptors (Lipinski definition) is 5. The molecule has 5 nitrogen and oxygen atoms in total. The van der Waals surface area contributed by atoms with Crippen molar-refractivity contribution in [2.24, 2.45) is 0 Å². The van der Waals surface area contributed by atoms with Crippen molar-refractivity contribution in [2.75, 3.05) is 36.5 Å². The van der Waals surface area contributed by atoms with E-state index < -0.39 is 12.7 Å². The Bertz CT molecular complexity index is 447. The largest absolute Gasteiger partial charge is 0.406 e. The molecule has 0 unspecified atom stereocenters. The molecule has 106 valence electrons. The third-order valence-corrected chi connectivity index (χ3v) is 2.90. The first-order valence-electron chi connectivity index (χ1n) is 5.79. The summed E-state index contributed by atoms with van der Waals surface area (Å²) in [6.07, 6.45) is -2.30. The molecule has 9 heteroatoms. The molecule has 1 aromatic rings. The standard InChI is InChI=1S/C10H13ClF3N5/c1-18(6-10(12,13)14)8-15-7(11)16-9(17-8)19-4-2-3-5-19/h2-6H2,1H3. The van der Waals surface area contributed by atoms with Crippen molar-refractivity contribution in [3.63, 3.8) is 0 Å².